The zero-order valence-electron chi connectivity index (χ0n) is 13.5. The summed E-state index contributed by atoms with van der Waals surface area (Å²) in [6.45, 7) is 1.96. The lowest BCUT2D eigenvalue weighted by Gasteiger charge is -2.13. The molecule has 1 aliphatic rings. The first-order chi connectivity index (χ1) is 12.1. The summed E-state index contributed by atoms with van der Waals surface area (Å²) in [5.41, 5.74) is 1.53. The number of hydrogen-bond acceptors (Lipinski definition) is 4. The highest BCUT2D eigenvalue weighted by Gasteiger charge is 2.19. The molecule has 0 saturated carbocycles. The number of fused-ring (bicyclic) bond motifs is 1. The van der Waals surface area contributed by atoms with Crippen molar-refractivity contribution < 1.29 is 14.3 Å². The van der Waals surface area contributed by atoms with Crippen LogP contribution in [-0.2, 0) is 4.79 Å². The second-order valence-electron chi connectivity index (χ2n) is 5.51. The normalized spacial score (nSPS) is 13.9. The van der Waals surface area contributed by atoms with Crippen molar-refractivity contribution in [1.82, 2.24) is 5.32 Å². The van der Waals surface area contributed by atoms with Gasteiger partial charge in [-0.2, -0.15) is 5.26 Å². The van der Waals surface area contributed by atoms with Crippen molar-refractivity contribution in [3.63, 3.8) is 0 Å². The number of carbonyl (C=O) groups is 1. The van der Waals surface area contributed by atoms with Crippen LogP contribution in [0.15, 0.2) is 48.0 Å². The van der Waals surface area contributed by atoms with Crippen LogP contribution < -0.4 is 14.8 Å². The molecule has 0 bridgehead atoms. The zero-order chi connectivity index (χ0) is 17.8. The van der Waals surface area contributed by atoms with Crippen LogP contribution in [0.4, 0.5) is 0 Å². The van der Waals surface area contributed by atoms with E-state index in [1.807, 2.05) is 43.3 Å². The molecule has 0 radical (unpaired) electrons. The van der Waals surface area contributed by atoms with Gasteiger partial charge in [0.2, 0.25) is 6.79 Å². The van der Waals surface area contributed by atoms with E-state index >= 15 is 0 Å². The third-order valence-electron chi connectivity index (χ3n) is 3.77. The van der Waals surface area contributed by atoms with Crippen molar-refractivity contribution in [1.29, 1.82) is 5.26 Å². The number of rotatable bonds is 4. The van der Waals surface area contributed by atoms with Crippen molar-refractivity contribution in [3.05, 3.63) is 64.2 Å². The molecule has 1 unspecified atom stereocenters. The maximum Gasteiger partial charge on any atom is 0.262 e. The summed E-state index contributed by atoms with van der Waals surface area (Å²) in [5.74, 6) is 0.515. The first kappa shape index (κ1) is 16.9. The predicted octanol–water partition coefficient (Wildman–Crippen LogP) is 3.85. The minimum Gasteiger partial charge on any atom is -0.454 e. The second-order valence-corrected chi connectivity index (χ2v) is 5.92. The summed E-state index contributed by atoms with van der Waals surface area (Å²) in [5, 5.41) is 12.5. The second kappa shape index (κ2) is 7.29. The summed E-state index contributed by atoms with van der Waals surface area (Å²) >= 11 is 6.13. The number of hydrogen-bond donors (Lipinski definition) is 1. The molecule has 0 aliphatic carbocycles. The number of ether oxygens (including phenoxy) is 2. The summed E-state index contributed by atoms with van der Waals surface area (Å²) in [4.78, 5) is 12.4. The quantitative estimate of drug-likeness (QED) is 0.668. The van der Waals surface area contributed by atoms with Gasteiger partial charge in [0.25, 0.3) is 5.91 Å². The van der Waals surface area contributed by atoms with Gasteiger partial charge >= 0.3 is 0 Å². The molecule has 1 aliphatic heterocycles. The van der Waals surface area contributed by atoms with Crippen molar-refractivity contribution in [2.24, 2.45) is 0 Å². The third kappa shape index (κ3) is 3.76. The number of nitrogens with zero attached hydrogens (tertiary/aromatic N) is 1. The molecule has 3 rings (SSSR count). The monoisotopic (exact) mass is 354 g/mol. The van der Waals surface area contributed by atoms with Crippen LogP contribution in [-0.4, -0.2) is 12.7 Å². The van der Waals surface area contributed by atoms with E-state index in [2.05, 4.69) is 5.32 Å². The van der Waals surface area contributed by atoms with E-state index in [1.165, 1.54) is 6.08 Å². The van der Waals surface area contributed by atoms with E-state index in [0.29, 0.717) is 22.1 Å². The summed E-state index contributed by atoms with van der Waals surface area (Å²) in [6.07, 6.45) is 1.47. The molecule has 5 nitrogen and oxygen atoms in total. The Hall–Kier alpha value is -2.97. The Morgan fingerprint density at radius 1 is 1.32 bits per heavy atom. The van der Waals surface area contributed by atoms with Gasteiger partial charge in [0, 0.05) is 0 Å². The standard InChI is InChI=1S/C19H15ClN2O3/c1-12(14-5-3-2-4-6-14)22-19(23)15(10-21)7-13-8-16(20)18-17(9-13)24-11-25-18/h2-9,12H,11H2,1H3,(H,22,23)/b15-7+. The minimum absolute atomic E-state index is 0.0160. The fraction of sp³-hybridized carbons (Fsp3) is 0.158. The van der Waals surface area contributed by atoms with Crippen molar-refractivity contribution >= 4 is 23.6 Å². The van der Waals surface area contributed by atoms with Gasteiger partial charge in [0.05, 0.1) is 11.1 Å². The lowest BCUT2D eigenvalue weighted by Crippen LogP contribution is -2.27. The maximum atomic E-state index is 12.4. The average Bonchev–Trinajstić information content (AvgIpc) is 3.09. The minimum atomic E-state index is -0.451. The highest BCUT2D eigenvalue weighted by Crippen LogP contribution is 2.40. The van der Waals surface area contributed by atoms with Crippen molar-refractivity contribution in [3.8, 4) is 17.6 Å². The Kier molecular flexibility index (Phi) is 4.92. The summed E-state index contributed by atoms with van der Waals surface area (Å²) < 4.78 is 10.5. The summed E-state index contributed by atoms with van der Waals surface area (Å²) in [7, 11) is 0. The molecule has 2 aromatic carbocycles. The molecule has 0 spiro atoms. The molecular formula is C19H15ClN2O3. The van der Waals surface area contributed by atoms with Gasteiger partial charge in [-0.15, -0.1) is 0 Å². The Labute approximate surface area is 150 Å². The smallest absolute Gasteiger partial charge is 0.262 e. The number of amides is 1. The van der Waals surface area contributed by atoms with Gasteiger partial charge < -0.3 is 14.8 Å². The molecule has 0 aromatic heterocycles. The average molecular weight is 355 g/mol. The Morgan fingerprint density at radius 2 is 2.08 bits per heavy atom. The summed E-state index contributed by atoms with van der Waals surface area (Å²) in [6, 6.07) is 14.5. The van der Waals surface area contributed by atoms with Crippen LogP contribution in [0.3, 0.4) is 0 Å². The van der Waals surface area contributed by atoms with Crippen LogP contribution >= 0.6 is 11.6 Å². The van der Waals surface area contributed by atoms with E-state index in [0.717, 1.165) is 5.56 Å². The van der Waals surface area contributed by atoms with Crippen LogP contribution in [0.2, 0.25) is 5.02 Å². The topological polar surface area (TPSA) is 71.4 Å². The molecule has 126 valence electrons. The van der Waals surface area contributed by atoms with Gasteiger partial charge in [-0.3, -0.25) is 4.79 Å². The van der Waals surface area contributed by atoms with Crippen molar-refractivity contribution in [2.75, 3.05) is 6.79 Å². The molecule has 1 N–H and O–H groups in total. The Morgan fingerprint density at radius 3 is 2.80 bits per heavy atom. The molecule has 2 aromatic rings. The van der Waals surface area contributed by atoms with Crippen LogP contribution in [0.1, 0.15) is 24.1 Å². The SMILES string of the molecule is CC(NC(=O)/C(C#N)=C/c1cc(Cl)c2c(c1)OCO2)c1ccccc1. The van der Waals surface area contributed by atoms with E-state index in [-0.39, 0.29) is 18.4 Å². The predicted molar refractivity (Wildman–Crippen MR) is 94.2 cm³/mol. The lowest BCUT2D eigenvalue weighted by atomic mass is 10.1. The fourth-order valence-corrected chi connectivity index (χ4v) is 2.76. The Bertz CT molecular complexity index is 872. The molecule has 0 saturated heterocycles. The highest BCUT2D eigenvalue weighted by atomic mass is 35.5. The molecule has 6 heteroatoms. The highest BCUT2D eigenvalue weighted by molar-refractivity contribution is 6.32. The molecule has 1 atom stereocenters. The van der Waals surface area contributed by atoms with Gasteiger partial charge in [-0.05, 0) is 36.3 Å². The van der Waals surface area contributed by atoms with Gasteiger partial charge in [0.15, 0.2) is 11.5 Å². The molecule has 25 heavy (non-hydrogen) atoms. The maximum absolute atomic E-state index is 12.4. The van der Waals surface area contributed by atoms with E-state index in [9.17, 15) is 10.1 Å². The first-order valence-electron chi connectivity index (χ1n) is 7.65. The van der Waals surface area contributed by atoms with Crippen LogP contribution in [0.25, 0.3) is 6.08 Å². The van der Waals surface area contributed by atoms with E-state index in [1.54, 1.807) is 12.1 Å². The van der Waals surface area contributed by atoms with Gasteiger partial charge in [0.1, 0.15) is 11.6 Å². The first-order valence-corrected chi connectivity index (χ1v) is 8.03. The number of halogens is 1. The van der Waals surface area contributed by atoms with Gasteiger partial charge in [-0.25, -0.2) is 0 Å². The van der Waals surface area contributed by atoms with Gasteiger partial charge in [-0.1, -0.05) is 41.9 Å². The molecule has 1 heterocycles. The zero-order valence-corrected chi connectivity index (χ0v) is 14.2. The molecular weight excluding hydrogens is 340 g/mol. The number of nitrogens with one attached hydrogen (secondary N) is 1. The largest absolute Gasteiger partial charge is 0.454 e. The van der Waals surface area contributed by atoms with Crippen molar-refractivity contribution in [2.45, 2.75) is 13.0 Å². The fourth-order valence-electron chi connectivity index (χ4n) is 2.49. The lowest BCUT2D eigenvalue weighted by molar-refractivity contribution is -0.117. The van der Waals surface area contributed by atoms with E-state index in [4.69, 9.17) is 21.1 Å². The van der Waals surface area contributed by atoms with E-state index < -0.39 is 5.91 Å². The van der Waals surface area contributed by atoms with Crippen LogP contribution in [0, 0.1) is 11.3 Å². The number of benzene rings is 2. The Balaban J connectivity index is 1.80. The number of nitriles is 1. The number of carbonyl (C=O) groups excluding carboxylic acids is 1. The molecule has 1 amide bonds. The van der Waals surface area contributed by atoms with Crippen LogP contribution in [0.5, 0.6) is 11.5 Å². The molecule has 0 fully saturated rings. The third-order valence-corrected chi connectivity index (χ3v) is 4.05.